The van der Waals surface area contributed by atoms with Gasteiger partial charge in [0.05, 0.1) is 0 Å². The first kappa shape index (κ1) is 17.8. The van der Waals surface area contributed by atoms with E-state index >= 15 is 0 Å². The number of thiol groups is 1. The Bertz CT molecular complexity index is 790. The number of amides is 2. The van der Waals surface area contributed by atoms with Crippen LogP contribution in [0.4, 0.5) is 16.2 Å². The SMILES string of the molecule is O=C(Nc1ccc([As](=O)(O)O)cc1)Nc1cccc(C(=S)S)c1. The average molecular weight is 412 g/mol. The van der Waals surface area contributed by atoms with E-state index < -0.39 is 20.2 Å². The van der Waals surface area contributed by atoms with Crippen LogP contribution in [0.15, 0.2) is 48.5 Å². The van der Waals surface area contributed by atoms with E-state index in [1.807, 2.05) is 0 Å². The van der Waals surface area contributed by atoms with Crippen molar-refractivity contribution in [3.8, 4) is 0 Å². The summed E-state index contributed by atoms with van der Waals surface area (Å²) in [7, 11) is 0. The van der Waals surface area contributed by atoms with E-state index in [9.17, 15) is 8.53 Å². The maximum absolute atomic E-state index is 11.9. The van der Waals surface area contributed by atoms with Gasteiger partial charge in [0, 0.05) is 0 Å². The molecule has 0 saturated heterocycles. The van der Waals surface area contributed by atoms with Crippen molar-refractivity contribution in [2.24, 2.45) is 0 Å². The van der Waals surface area contributed by atoms with Crippen molar-refractivity contribution in [1.29, 1.82) is 0 Å². The first-order valence-corrected chi connectivity index (χ1v) is 10.6. The van der Waals surface area contributed by atoms with Gasteiger partial charge in [-0.1, -0.05) is 0 Å². The molecule has 2 aromatic carbocycles. The van der Waals surface area contributed by atoms with E-state index in [4.69, 9.17) is 20.4 Å². The summed E-state index contributed by atoms with van der Waals surface area (Å²) in [5.74, 6) is 0. The second-order valence-corrected chi connectivity index (χ2v) is 9.08. The predicted molar refractivity (Wildman–Crippen MR) is 96.7 cm³/mol. The van der Waals surface area contributed by atoms with Crippen LogP contribution in [0, 0.1) is 0 Å². The standard InChI is InChI=1S/C14H13AsN2O4S2/c18-14(17-12-3-1-2-9(8-12)13(22)23)16-11-6-4-10(5-7-11)15(19,20)21/h1-8H,(H,22,23)(H2,16,17,18)(H2,19,20,21). The molecule has 0 bridgehead atoms. The number of hydrogen-bond acceptors (Lipinski definition) is 3. The molecule has 0 saturated carbocycles. The molecule has 0 aromatic heterocycles. The Morgan fingerprint density at radius 1 is 1.04 bits per heavy atom. The van der Waals surface area contributed by atoms with Crippen molar-refractivity contribution < 1.29 is 16.7 Å². The van der Waals surface area contributed by atoms with E-state index in [0.29, 0.717) is 21.1 Å². The van der Waals surface area contributed by atoms with Crippen LogP contribution in [0.1, 0.15) is 5.56 Å². The summed E-state index contributed by atoms with van der Waals surface area (Å²) in [6.07, 6.45) is 0. The molecule has 0 aliphatic carbocycles. The van der Waals surface area contributed by atoms with Gasteiger partial charge >= 0.3 is 146 Å². The number of urea groups is 1. The van der Waals surface area contributed by atoms with Gasteiger partial charge in [-0.15, -0.1) is 0 Å². The van der Waals surface area contributed by atoms with E-state index in [2.05, 4.69) is 23.3 Å². The van der Waals surface area contributed by atoms with Crippen molar-refractivity contribution in [2.75, 3.05) is 10.6 Å². The first-order valence-electron chi connectivity index (χ1n) is 6.33. The van der Waals surface area contributed by atoms with Crippen LogP contribution in [0.2, 0.25) is 0 Å². The molecule has 0 spiro atoms. The summed E-state index contributed by atoms with van der Waals surface area (Å²) in [4.78, 5) is 11.9. The minimum absolute atomic E-state index is 0.0518. The van der Waals surface area contributed by atoms with Crippen molar-refractivity contribution in [2.45, 2.75) is 0 Å². The fourth-order valence-electron chi connectivity index (χ4n) is 1.76. The van der Waals surface area contributed by atoms with Crippen molar-refractivity contribution in [3.05, 3.63) is 54.1 Å². The first-order chi connectivity index (χ1) is 10.8. The quantitative estimate of drug-likeness (QED) is 0.298. The number of carbonyl (C=O) groups is 1. The second kappa shape index (κ2) is 7.33. The Hall–Kier alpha value is -1.57. The number of thiocarbonyl (C=S) groups is 1. The predicted octanol–water partition coefficient (Wildman–Crippen LogP) is 1.50. The molecule has 9 heteroatoms. The van der Waals surface area contributed by atoms with Gasteiger partial charge in [-0.3, -0.25) is 0 Å². The second-order valence-electron chi connectivity index (χ2n) is 4.56. The number of nitrogens with one attached hydrogen (secondary N) is 2. The molecule has 0 aliphatic rings. The Labute approximate surface area is 146 Å². The van der Waals surface area contributed by atoms with Crippen molar-refractivity contribution in [3.63, 3.8) is 0 Å². The van der Waals surface area contributed by atoms with Crippen LogP contribution >= 0.6 is 24.8 Å². The van der Waals surface area contributed by atoms with Gasteiger partial charge in [0.15, 0.2) is 0 Å². The molecule has 2 amide bonds. The zero-order valence-electron chi connectivity index (χ0n) is 11.6. The number of hydrogen-bond donors (Lipinski definition) is 5. The number of rotatable bonds is 4. The molecule has 2 rings (SSSR count). The van der Waals surface area contributed by atoms with Crippen LogP contribution in [-0.4, -0.2) is 32.6 Å². The fourth-order valence-corrected chi connectivity index (χ4v) is 3.16. The van der Waals surface area contributed by atoms with E-state index in [1.54, 1.807) is 24.3 Å². The molecule has 0 unspecified atom stereocenters. The van der Waals surface area contributed by atoms with E-state index in [-0.39, 0.29) is 4.35 Å². The number of benzene rings is 2. The Morgan fingerprint density at radius 2 is 1.65 bits per heavy atom. The monoisotopic (exact) mass is 412 g/mol. The summed E-state index contributed by atoms with van der Waals surface area (Å²) >= 11 is 4.13. The molecule has 2 aromatic rings. The topological polar surface area (TPSA) is 98.7 Å². The molecular formula is C14H13AsN2O4S2. The fraction of sp³-hybridized carbons (Fsp3) is 0. The molecule has 0 aliphatic heterocycles. The summed E-state index contributed by atoms with van der Waals surface area (Å²) in [5.41, 5.74) is 1.68. The summed E-state index contributed by atoms with van der Waals surface area (Å²) in [5, 5.41) is 5.21. The van der Waals surface area contributed by atoms with Crippen LogP contribution in [-0.2, 0) is 3.74 Å². The van der Waals surface area contributed by atoms with Gasteiger partial charge in [0.25, 0.3) is 0 Å². The van der Waals surface area contributed by atoms with Gasteiger partial charge in [-0.05, 0) is 0 Å². The molecule has 23 heavy (non-hydrogen) atoms. The average Bonchev–Trinajstić information content (AvgIpc) is 2.47. The normalized spacial score (nSPS) is 10.9. The van der Waals surface area contributed by atoms with E-state index in [1.165, 1.54) is 24.3 Å². The third kappa shape index (κ3) is 5.23. The van der Waals surface area contributed by atoms with Gasteiger partial charge in [0.1, 0.15) is 0 Å². The van der Waals surface area contributed by atoms with Gasteiger partial charge in [-0.25, -0.2) is 0 Å². The molecule has 6 nitrogen and oxygen atoms in total. The van der Waals surface area contributed by atoms with Crippen LogP contribution in [0.25, 0.3) is 0 Å². The molecule has 0 heterocycles. The molecule has 0 radical (unpaired) electrons. The van der Waals surface area contributed by atoms with Crippen LogP contribution in [0.3, 0.4) is 0 Å². The molecule has 4 N–H and O–H groups in total. The number of carbonyl (C=O) groups excluding carboxylic acids is 1. The zero-order chi connectivity index (χ0) is 17.0. The van der Waals surface area contributed by atoms with Crippen LogP contribution in [0.5, 0.6) is 0 Å². The summed E-state index contributed by atoms with van der Waals surface area (Å²) in [6, 6.07) is 11.9. The molecule has 0 atom stereocenters. The number of anilines is 2. The van der Waals surface area contributed by atoms with E-state index in [0.717, 1.165) is 0 Å². The summed E-state index contributed by atoms with van der Waals surface area (Å²) in [6.45, 7) is 0. The van der Waals surface area contributed by atoms with Crippen molar-refractivity contribution >= 4 is 65.0 Å². The van der Waals surface area contributed by atoms with Gasteiger partial charge < -0.3 is 0 Å². The minimum atomic E-state index is -4.91. The van der Waals surface area contributed by atoms with Gasteiger partial charge in [0.2, 0.25) is 0 Å². The molecular weight excluding hydrogens is 399 g/mol. The van der Waals surface area contributed by atoms with Crippen molar-refractivity contribution in [1.82, 2.24) is 0 Å². The maximum atomic E-state index is 11.9. The molecule has 120 valence electrons. The third-order valence-electron chi connectivity index (χ3n) is 2.83. The Balaban J connectivity index is 2.04. The third-order valence-corrected chi connectivity index (χ3v) is 5.36. The zero-order valence-corrected chi connectivity index (χ0v) is 15.2. The Kier molecular flexibility index (Phi) is 5.67. The Morgan fingerprint density at radius 3 is 2.22 bits per heavy atom. The molecule has 0 fully saturated rings. The van der Waals surface area contributed by atoms with Crippen LogP contribution < -0.4 is 15.0 Å². The van der Waals surface area contributed by atoms with Gasteiger partial charge in [-0.2, -0.15) is 0 Å². The summed E-state index contributed by atoms with van der Waals surface area (Å²) < 4.78 is 29.7.